The molecule has 96 valence electrons. The van der Waals surface area contributed by atoms with Gasteiger partial charge in [0.05, 0.1) is 25.7 Å². The Hall–Kier alpha value is -1.69. The summed E-state index contributed by atoms with van der Waals surface area (Å²) < 4.78 is 10.9. The first-order chi connectivity index (χ1) is 8.59. The van der Waals surface area contributed by atoms with Crippen molar-refractivity contribution in [2.24, 2.45) is 0 Å². The second kappa shape index (κ2) is 4.53. The average molecular weight is 245 g/mol. The molecule has 3 heteroatoms. The molecule has 1 saturated carbocycles. The van der Waals surface area contributed by atoms with E-state index in [9.17, 15) is 5.26 Å². The van der Waals surface area contributed by atoms with Crippen LogP contribution in [0.1, 0.15) is 36.0 Å². The van der Waals surface area contributed by atoms with Crippen LogP contribution in [0, 0.1) is 25.2 Å². The lowest BCUT2D eigenvalue weighted by molar-refractivity contribution is 0.303. The Kier molecular flexibility index (Phi) is 3.21. The van der Waals surface area contributed by atoms with Crippen molar-refractivity contribution in [1.82, 2.24) is 0 Å². The van der Waals surface area contributed by atoms with Crippen molar-refractivity contribution in [3.63, 3.8) is 0 Å². The van der Waals surface area contributed by atoms with Gasteiger partial charge in [-0.3, -0.25) is 0 Å². The third-order valence-corrected chi connectivity index (χ3v) is 4.15. The zero-order valence-electron chi connectivity index (χ0n) is 11.5. The van der Waals surface area contributed by atoms with Crippen LogP contribution in [0.3, 0.4) is 0 Å². The summed E-state index contributed by atoms with van der Waals surface area (Å²) in [5.74, 6) is 1.68. The Morgan fingerprint density at radius 2 is 1.83 bits per heavy atom. The lowest BCUT2D eigenvalue weighted by Gasteiger charge is -2.37. The summed E-state index contributed by atoms with van der Waals surface area (Å²) >= 11 is 0. The van der Waals surface area contributed by atoms with Crippen LogP contribution in [0.25, 0.3) is 0 Å². The third kappa shape index (κ3) is 1.64. The molecule has 0 N–H and O–H groups in total. The standard InChI is InChI=1S/C15H19NO2/c1-10-11(2)14(18-4)12(8-13(10)17-3)15(9-16)6-5-7-15/h8H,5-7H2,1-4H3. The maximum Gasteiger partial charge on any atom is 0.127 e. The van der Waals surface area contributed by atoms with E-state index in [0.29, 0.717) is 0 Å². The van der Waals surface area contributed by atoms with Crippen molar-refractivity contribution >= 4 is 0 Å². The molecule has 0 aliphatic heterocycles. The van der Waals surface area contributed by atoms with E-state index in [2.05, 4.69) is 6.07 Å². The molecule has 0 amide bonds. The van der Waals surface area contributed by atoms with E-state index in [4.69, 9.17) is 9.47 Å². The lowest BCUT2D eigenvalue weighted by Crippen LogP contribution is -2.33. The molecule has 1 aromatic carbocycles. The smallest absolute Gasteiger partial charge is 0.127 e. The van der Waals surface area contributed by atoms with Crippen LogP contribution in [-0.4, -0.2) is 14.2 Å². The molecule has 0 bridgehead atoms. The number of hydrogen-bond donors (Lipinski definition) is 0. The van der Waals surface area contributed by atoms with Crippen LogP contribution >= 0.6 is 0 Å². The van der Waals surface area contributed by atoms with Gasteiger partial charge in [-0.25, -0.2) is 0 Å². The molecular weight excluding hydrogens is 226 g/mol. The Bertz CT molecular complexity index is 510. The van der Waals surface area contributed by atoms with Gasteiger partial charge in [0.25, 0.3) is 0 Å². The molecule has 0 unspecified atom stereocenters. The summed E-state index contributed by atoms with van der Waals surface area (Å²) in [7, 11) is 3.33. The maximum atomic E-state index is 9.49. The molecule has 0 radical (unpaired) electrons. The van der Waals surface area contributed by atoms with Gasteiger partial charge in [-0.1, -0.05) is 0 Å². The van der Waals surface area contributed by atoms with E-state index >= 15 is 0 Å². The average Bonchev–Trinajstić information content (AvgIpc) is 2.33. The number of nitrogens with zero attached hydrogens (tertiary/aromatic N) is 1. The maximum absolute atomic E-state index is 9.49. The molecule has 1 aliphatic rings. The fourth-order valence-corrected chi connectivity index (χ4v) is 2.66. The zero-order valence-corrected chi connectivity index (χ0v) is 11.5. The van der Waals surface area contributed by atoms with Crippen molar-refractivity contribution < 1.29 is 9.47 Å². The summed E-state index contributed by atoms with van der Waals surface area (Å²) in [5.41, 5.74) is 2.74. The summed E-state index contributed by atoms with van der Waals surface area (Å²) in [6, 6.07) is 4.44. The quantitative estimate of drug-likeness (QED) is 0.820. The fourth-order valence-electron chi connectivity index (χ4n) is 2.66. The van der Waals surface area contributed by atoms with E-state index in [1.807, 2.05) is 19.9 Å². The first-order valence-electron chi connectivity index (χ1n) is 6.23. The molecule has 2 rings (SSSR count). The molecule has 1 aromatic rings. The van der Waals surface area contributed by atoms with E-state index in [-0.39, 0.29) is 5.41 Å². The van der Waals surface area contributed by atoms with Crippen LogP contribution in [0.4, 0.5) is 0 Å². The Balaban J connectivity index is 2.66. The van der Waals surface area contributed by atoms with Crippen molar-refractivity contribution in [2.75, 3.05) is 14.2 Å². The minimum Gasteiger partial charge on any atom is -0.496 e. The molecule has 1 fully saturated rings. The summed E-state index contributed by atoms with van der Waals surface area (Å²) in [4.78, 5) is 0. The van der Waals surface area contributed by atoms with Gasteiger partial charge in [0.1, 0.15) is 11.5 Å². The number of nitriles is 1. The molecule has 3 nitrogen and oxygen atoms in total. The van der Waals surface area contributed by atoms with Gasteiger partial charge in [0.15, 0.2) is 0 Å². The van der Waals surface area contributed by atoms with Crippen LogP contribution in [-0.2, 0) is 5.41 Å². The van der Waals surface area contributed by atoms with Crippen LogP contribution in [0.15, 0.2) is 6.07 Å². The molecular formula is C15H19NO2. The highest BCUT2D eigenvalue weighted by atomic mass is 16.5. The summed E-state index contributed by atoms with van der Waals surface area (Å²) in [6.45, 7) is 4.03. The molecule has 0 saturated heterocycles. The van der Waals surface area contributed by atoms with E-state index in [0.717, 1.165) is 47.5 Å². The number of methoxy groups -OCH3 is 2. The van der Waals surface area contributed by atoms with E-state index in [1.54, 1.807) is 14.2 Å². The molecule has 0 heterocycles. The highest BCUT2D eigenvalue weighted by Crippen LogP contribution is 2.49. The van der Waals surface area contributed by atoms with Gasteiger partial charge < -0.3 is 9.47 Å². The fraction of sp³-hybridized carbons (Fsp3) is 0.533. The molecule has 0 atom stereocenters. The van der Waals surface area contributed by atoms with Gasteiger partial charge in [0, 0.05) is 5.56 Å². The first kappa shape index (κ1) is 12.8. The van der Waals surface area contributed by atoms with Crippen molar-refractivity contribution in [2.45, 2.75) is 38.5 Å². The van der Waals surface area contributed by atoms with Crippen LogP contribution < -0.4 is 9.47 Å². The first-order valence-corrected chi connectivity index (χ1v) is 6.23. The molecule has 18 heavy (non-hydrogen) atoms. The third-order valence-electron chi connectivity index (χ3n) is 4.15. The normalized spacial score (nSPS) is 16.6. The number of rotatable bonds is 3. The Morgan fingerprint density at radius 1 is 1.17 bits per heavy atom. The predicted octanol–water partition coefficient (Wildman–Crippen LogP) is 3.27. The predicted molar refractivity (Wildman–Crippen MR) is 70.2 cm³/mol. The topological polar surface area (TPSA) is 42.2 Å². The van der Waals surface area contributed by atoms with E-state index in [1.165, 1.54) is 0 Å². The van der Waals surface area contributed by atoms with Gasteiger partial charge in [-0.15, -0.1) is 0 Å². The molecule has 0 aromatic heterocycles. The molecule has 0 spiro atoms. The van der Waals surface area contributed by atoms with Crippen LogP contribution in [0.5, 0.6) is 11.5 Å². The second-order valence-corrected chi connectivity index (χ2v) is 4.96. The number of ether oxygens (including phenoxy) is 2. The van der Waals surface area contributed by atoms with Gasteiger partial charge >= 0.3 is 0 Å². The Labute approximate surface area is 108 Å². The monoisotopic (exact) mass is 245 g/mol. The number of hydrogen-bond acceptors (Lipinski definition) is 3. The summed E-state index contributed by atoms with van der Waals surface area (Å²) in [6.07, 6.45) is 2.92. The van der Waals surface area contributed by atoms with Gasteiger partial charge in [-0.05, 0) is 50.3 Å². The van der Waals surface area contributed by atoms with Crippen molar-refractivity contribution in [3.8, 4) is 17.6 Å². The van der Waals surface area contributed by atoms with Gasteiger partial charge in [-0.2, -0.15) is 5.26 Å². The summed E-state index contributed by atoms with van der Waals surface area (Å²) in [5, 5.41) is 9.49. The SMILES string of the molecule is COc1cc(C2(C#N)CCC2)c(OC)c(C)c1C. The Morgan fingerprint density at radius 3 is 2.22 bits per heavy atom. The largest absolute Gasteiger partial charge is 0.496 e. The second-order valence-electron chi connectivity index (χ2n) is 4.96. The van der Waals surface area contributed by atoms with E-state index < -0.39 is 0 Å². The zero-order chi connectivity index (χ0) is 13.3. The minimum atomic E-state index is -0.378. The van der Waals surface area contributed by atoms with Crippen molar-refractivity contribution in [1.29, 1.82) is 5.26 Å². The van der Waals surface area contributed by atoms with Gasteiger partial charge in [0.2, 0.25) is 0 Å². The lowest BCUT2D eigenvalue weighted by atomic mass is 9.65. The molecule has 1 aliphatic carbocycles. The highest BCUT2D eigenvalue weighted by Gasteiger charge is 2.42. The highest BCUT2D eigenvalue weighted by molar-refractivity contribution is 5.57. The number of benzene rings is 1. The minimum absolute atomic E-state index is 0.378. The van der Waals surface area contributed by atoms with Crippen molar-refractivity contribution in [3.05, 3.63) is 22.8 Å². The van der Waals surface area contributed by atoms with Crippen LogP contribution in [0.2, 0.25) is 0 Å².